The van der Waals surface area contributed by atoms with Gasteiger partial charge in [0.1, 0.15) is 11.8 Å². The molecule has 0 aromatic heterocycles. The van der Waals surface area contributed by atoms with E-state index >= 15 is 0 Å². The molecule has 0 bridgehead atoms. The number of carbonyl (C=O) groups is 5. The Morgan fingerprint density at radius 2 is 1.41 bits per heavy atom. The van der Waals surface area contributed by atoms with Crippen molar-refractivity contribution in [1.29, 1.82) is 0 Å². The van der Waals surface area contributed by atoms with Crippen molar-refractivity contribution in [3.63, 3.8) is 0 Å². The molecule has 0 heterocycles. The molecule has 14 nitrogen and oxygen atoms in total. The van der Waals surface area contributed by atoms with Gasteiger partial charge in [0.2, 0.25) is 21.8 Å². The molecule has 0 saturated heterocycles. The summed E-state index contributed by atoms with van der Waals surface area (Å²) in [7, 11) is -3.84. The number of primary sulfonamides is 1. The van der Waals surface area contributed by atoms with Crippen LogP contribution in [0.15, 0.2) is 53.4 Å². The maximum absolute atomic E-state index is 12.9. The molecule has 39 heavy (non-hydrogen) atoms. The van der Waals surface area contributed by atoms with Crippen molar-refractivity contribution in [2.75, 3.05) is 6.54 Å². The Labute approximate surface area is 222 Å². The van der Waals surface area contributed by atoms with Crippen LogP contribution in [0.1, 0.15) is 24.0 Å². The number of hydrogen-bond donors (Lipinski definition) is 6. The molecule has 2 aromatic rings. The zero-order chi connectivity index (χ0) is 29.2. The van der Waals surface area contributed by atoms with Crippen LogP contribution in [0.25, 0.3) is 0 Å². The number of ether oxygens (including phenoxy) is 1. The summed E-state index contributed by atoms with van der Waals surface area (Å²) in [4.78, 5) is 57.8. The second-order valence-electron chi connectivity index (χ2n) is 8.27. The van der Waals surface area contributed by atoms with Gasteiger partial charge in [-0.2, -0.15) is 0 Å². The van der Waals surface area contributed by atoms with Crippen LogP contribution in [-0.4, -0.2) is 72.2 Å². The summed E-state index contributed by atoms with van der Waals surface area (Å²) in [5.74, 6) is -5.84. The molecule has 0 saturated carbocycles. The van der Waals surface area contributed by atoms with E-state index in [0.29, 0.717) is 17.5 Å². The molecule has 2 rings (SSSR count). The number of carboxylic acid groups (broad SMARTS) is 3. The fraction of sp³-hybridized carbons (Fsp3) is 0.292. The van der Waals surface area contributed by atoms with Crippen molar-refractivity contribution < 1.29 is 52.4 Å². The Hall–Kier alpha value is -4.50. The van der Waals surface area contributed by atoms with Crippen LogP contribution in [0.2, 0.25) is 0 Å². The van der Waals surface area contributed by atoms with Crippen LogP contribution >= 0.6 is 0 Å². The van der Waals surface area contributed by atoms with Crippen molar-refractivity contribution in [3.8, 4) is 5.75 Å². The SMILES string of the molecule is NS(=O)(=O)c1ccc(CCNC(=O)C(Cc2ccc(OC(C(=O)O)C(=O)O)cc2)NC(=O)CCC(=O)O)cc1. The Morgan fingerprint density at radius 1 is 0.846 bits per heavy atom. The smallest absolute Gasteiger partial charge is 0.356 e. The van der Waals surface area contributed by atoms with E-state index in [2.05, 4.69) is 10.6 Å². The van der Waals surface area contributed by atoms with Gasteiger partial charge in [-0.3, -0.25) is 14.4 Å². The summed E-state index contributed by atoms with van der Waals surface area (Å²) in [6, 6.07) is 10.2. The van der Waals surface area contributed by atoms with Crippen LogP contribution in [0.4, 0.5) is 0 Å². The second-order valence-corrected chi connectivity index (χ2v) is 9.83. The number of nitrogens with one attached hydrogen (secondary N) is 2. The molecule has 7 N–H and O–H groups in total. The maximum atomic E-state index is 12.9. The summed E-state index contributed by atoms with van der Waals surface area (Å²) in [6.45, 7) is 0.133. The molecular formula is C24H27N3O11S. The molecule has 0 fully saturated rings. The fourth-order valence-corrected chi connectivity index (χ4v) is 3.79. The first-order valence-corrected chi connectivity index (χ1v) is 12.9. The molecule has 2 aromatic carbocycles. The van der Waals surface area contributed by atoms with E-state index < -0.39 is 58.3 Å². The van der Waals surface area contributed by atoms with E-state index in [-0.39, 0.29) is 30.0 Å². The summed E-state index contributed by atoms with van der Waals surface area (Å²) in [6.07, 6.45) is -2.60. The minimum absolute atomic E-state index is 0.0325. The second kappa shape index (κ2) is 13.9. The van der Waals surface area contributed by atoms with Gasteiger partial charge in [-0.05, 0) is 41.8 Å². The van der Waals surface area contributed by atoms with Crippen molar-refractivity contribution >= 4 is 39.7 Å². The van der Waals surface area contributed by atoms with Crippen LogP contribution < -0.4 is 20.5 Å². The maximum Gasteiger partial charge on any atom is 0.356 e. The van der Waals surface area contributed by atoms with Gasteiger partial charge in [0.15, 0.2) is 0 Å². The van der Waals surface area contributed by atoms with Gasteiger partial charge in [-0.25, -0.2) is 23.1 Å². The number of hydrogen-bond acceptors (Lipinski definition) is 8. The lowest BCUT2D eigenvalue weighted by molar-refractivity contribution is -0.159. The Bertz CT molecular complexity index is 1300. The first-order chi connectivity index (χ1) is 18.3. The summed E-state index contributed by atoms with van der Waals surface area (Å²) in [5.41, 5.74) is 1.21. The van der Waals surface area contributed by atoms with Gasteiger partial charge >= 0.3 is 17.9 Å². The zero-order valence-corrected chi connectivity index (χ0v) is 21.2. The van der Waals surface area contributed by atoms with Gasteiger partial charge in [-0.1, -0.05) is 24.3 Å². The topological polar surface area (TPSA) is 239 Å². The van der Waals surface area contributed by atoms with E-state index in [1.807, 2.05) is 0 Å². The van der Waals surface area contributed by atoms with Crippen LogP contribution in [0.5, 0.6) is 5.75 Å². The lowest BCUT2D eigenvalue weighted by Crippen LogP contribution is -2.48. The highest BCUT2D eigenvalue weighted by Crippen LogP contribution is 2.16. The Morgan fingerprint density at radius 3 is 1.92 bits per heavy atom. The van der Waals surface area contributed by atoms with Gasteiger partial charge in [-0.15, -0.1) is 0 Å². The van der Waals surface area contributed by atoms with Gasteiger partial charge in [0, 0.05) is 19.4 Å². The van der Waals surface area contributed by atoms with Crippen molar-refractivity contribution in [1.82, 2.24) is 10.6 Å². The van der Waals surface area contributed by atoms with Crippen LogP contribution in [0, 0.1) is 0 Å². The summed E-state index contributed by atoms with van der Waals surface area (Å²) >= 11 is 0. The normalized spacial score (nSPS) is 11.8. The van der Waals surface area contributed by atoms with Crippen molar-refractivity contribution in [2.24, 2.45) is 5.14 Å². The van der Waals surface area contributed by atoms with Gasteiger partial charge < -0.3 is 30.7 Å². The molecule has 2 amide bonds. The summed E-state index contributed by atoms with van der Waals surface area (Å²) in [5, 5.41) is 36.9. The molecule has 210 valence electrons. The minimum atomic E-state index is -3.84. The number of aliphatic carboxylic acids is 3. The molecule has 0 aliphatic carbocycles. The van der Waals surface area contributed by atoms with Crippen molar-refractivity contribution in [2.45, 2.75) is 42.7 Å². The van der Waals surface area contributed by atoms with Crippen LogP contribution in [-0.2, 0) is 46.8 Å². The third-order valence-electron chi connectivity index (χ3n) is 5.25. The molecular weight excluding hydrogens is 538 g/mol. The minimum Gasteiger partial charge on any atom is -0.481 e. The zero-order valence-electron chi connectivity index (χ0n) is 20.4. The van der Waals surface area contributed by atoms with E-state index in [1.165, 1.54) is 36.4 Å². The molecule has 0 aliphatic rings. The molecule has 0 aliphatic heterocycles. The lowest BCUT2D eigenvalue weighted by atomic mass is 10.0. The monoisotopic (exact) mass is 565 g/mol. The van der Waals surface area contributed by atoms with E-state index in [4.69, 9.17) is 25.2 Å². The average Bonchev–Trinajstić information content (AvgIpc) is 2.85. The van der Waals surface area contributed by atoms with E-state index in [1.54, 1.807) is 12.1 Å². The number of amides is 2. The number of carbonyl (C=O) groups excluding carboxylic acids is 2. The third-order valence-corrected chi connectivity index (χ3v) is 6.18. The lowest BCUT2D eigenvalue weighted by Gasteiger charge is -2.19. The van der Waals surface area contributed by atoms with Crippen LogP contribution in [0.3, 0.4) is 0 Å². The predicted molar refractivity (Wildman–Crippen MR) is 133 cm³/mol. The van der Waals surface area contributed by atoms with E-state index in [9.17, 15) is 32.4 Å². The Kier molecular flexibility index (Phi) is 10.9. The molecule has 15 heteroatoms. The number of sulfonamides is 1. The first-order valence-electron chi connectivity index (χ1n) is 11.4. The highest BCUT2D eigenvalue weighted by atomic mass is 32.2. The number of rotatable bonds is 15. The third kappa shape index (κ3) is 10.4. The van der Waals surface area contributed by atoms with Gasteiger partial charge in [0.05, 0.1) is 11.3 Å². The molecule has 1 atom stereocenters. The molecule has 1 unspecified atom stereocenters. The quantitative estimate of drug-likeness (QED) is 0.150. The number of benzene rings is 2. The molecule has 0 radical (unpaired) electrons. The van der Waals surface area contributed by atoms with E-state index in [0.717, 1.165) is 0 Å². The molecule has 0 spiro atoms. The average molecular weight is 566 g/mol. The number of nitrogens with two attached hydrogens (primary N) is 1. The fourth-order valence-electron chi connectivity index (χ4n) is 3.28. The number of carboxylic acids is 3. The Balaban J connectivity index is 2.07. The standard InChI is InChI=1S/C24H27N3O11S/c25-39(36,37)17-7-3-14(4-8-17)11-12-26-22(31)18(27-19(28)9-10-20(29)30)13-15-1-5-16(6-2-15)38-21(23(32)33)24(34)35/h1-8,18,21H,9-13H2,(H,26,31)(H,27,28)(H,29,30)(H,32,33)(H,34,35)(H2,25,36,37). The predicted octanol–water partition coefficient (Wildman–Crippen LogP) is -0.498. The largest absolute Gasteiger partial charge is 0.481 e. The highest BCUT2D eigenvalue weighted by Gasteiger charge is 2.28. The van der Waals surface area contributed by atoms with Crippen molar-refractivity contribution in [3.05, 3.63) is 59.7 Å². The van der Waals surface area contributed by atoms with Gasteiger partial charge in [0.25, 0.3) is 6.10 Å². The summed E-state index contributed by atoms with van der Waals surface area (Å²) < 4.78 is 27.7. The first kappa shape index (κ1) is 30.7. The highest BCUT2D eigenvalue weighted by molar-refractivity contribution is 7.89.